The number of aromatic nitrogens is 1. The molecule has 0 saturated carbocycles. The van der Waals surface area contributed by atoms with Gasteiger partial charge in [-0.05, 0) is 23.8 Å². The van der Waals surface area contributed by atoms with Crippen LogP contribution in [-0.2, 0) is 6.42 Å². The third-order valence-electron chi connectivity index (χ3n) is 2.79. The molecule has 0 aliphatic carbocycles. The highest BCUT2D eigenvalue weighted by Crippen LogP contribution is 2.26. The number of anilines is 1. The topological polar surface area (TPSA) is 52.0 Å². The van der Waals surface area contributed by atoms with Crippen molar-refractivity contribution in [2.24, 2.45) is 0 Å². The van der Waals surface area contributed by atoms with Crippen molar-refractivity contribution in [3.8, 4) is 0 Å². The Balaban J connectivity index is 1.97. The number of nitrogens with zero attached hydrogens (tertiary/aromatic N) is 1. The van der Waals surface area contributed by atoms with E-state index in [4.69, 9.17) is 21.8 Å². The second kappa shape index (κ2) is 4.55. The van der Waals surface area contributed by atoms with Crippen LogP contribution < -0.4 is 5.73 Å². The van der Waals surface area contributed by atoms with E-state index < -0.39 is 5.82 Å². The summed E-state index contributed by atoms with van der Waals surface area (Å²) >= 11 is 5.91. The lowest BCUT2D eigenvalue weighted by atomic mass is 10.1. The van der Waals surface area contributed by atoms with Crippen LogP contribution in [0.2, 0.25) is 5.02 Å². The van der Waals surface area contributed by atoms with E-state index in [-0.39, 0.29) is 5.02 Å². The molecule has 0 bridgehead atoms. The first-order valence-electron chi connectivity index (χ1n) is 5.71. The fourth-order valence-electron chi connectivity index (χ4n) is 1.89. The summed E-state index contributed by atoms with van der Waals surface area (Å²) in [5.41, 5.74) is 8.17. The minimum absolute atomic E-state index is 0.228. The molecule has 5 heteroatoms. The van der Waals surface area contributed by atoms with E-state index in [1.165, 1.54) is 12.1 Å². The van der Waals surface area contributed by atoms with Gasteiger partial charge in [-0.15, -0.1) is 0 Å². The Morgan fingerprint density at radius 2 is 1.95 bits per heavy atom. The van der Waals surface area contributed by atoms with Crippen LogP contribution in [0.5, 0.6) is 0 Å². The Morgan fingerprint density at radius 3 is 2.68 bits per heavy atom. The predicted molar refractivity (Wildman–Crippen MR) is 72.6 cm³/mol. The lowest BCUT2D eigenvalue weighted by Crippen LogP contribution is -1.89. The average Bonchev–Trinajstić information content (AvgIpc) is 2.75. The van der Waals surface area contributed by atoms with Crippen molar-refractivity contribution in [2.45, 2.75) is 6.42 Å². The number of nitrogen functional groups attached to an aromatic ring is 1. The van der Waals surface area contributed by atoms with Crippen molar-refractivity contribution >= 4 is 28.4 Å². The molecular formula is C14H10ClFN2O. The molecular weight excluding hydrogens is 267 g/mol. The number of rotatable bonds is 2. The minimum atomic E-state index is -0.426. The largest absolute Gasteiger partial charge is 0.439 e. The smallest absolute Gasteiger partial charge is 0.199 e. The predicted octanol–water partition coefficient (Wildman–Crippen LogP) is 3.79. The molecule has 3 nitrogen and oxygen atoms in total. The molecule has 96 valence electrons. The van der Waals surface area contributed by atoms with E-state index >= 15 is 0 Å². The normalized spacial score (nSPS) is 11.1. The SMILES string of the molecule is Nc1ccc(Cc2nc3cc(F)cc(Cl)c3o2)cc1. The summed E-state index contributed by atoms with van der Waals surface area (Å²) in [4.78, 5) is 4.23. The molecule has 3 aromatic rings. The maximum absolute atomic E-state index is 13.2. The van der Waals surface area contributed by atoms with Crippen molar-refractivity contribution in [3.05, 3.63) is 58.7 Å². The van der Waals surface area contributed by atoms with E-state index in [0.717, 1.165) is 5.56 Å². The summed E-state index contributed by atoms with van der Waals surface area (Å²) in [6, 6.07) is 9.92. The zero-order chi connectivity index (χ0) is 13.4. The summed E-state index contributed by atoms with van der Waals surface area (Å²) < 4.78 is 18.7. The van der Waals surface area contributed by atoms with E-state index in [1.807, 2.05) is 24.3 Å². The molecule has 0 spiro atoms. The summed E-state index contributed by atoms with van der Waals surface area (Å²) in [7, 11) is 0. The zero-order valence-corrected chi connectivity index (χ0v) is 10.6. The van der Waals surface area contributed by atoms with Crippen molar-refractivity contribution in [1.29, 1.82) is 0 Å². The van der Waals surface area contributed by atoms with E-state index in [1.54, 1.807) is 0 Å². The van der Waals surface area contributed by atoms with Gasteiger partial charge in [-0.3, -0.25) is 0 Å². The van der Waals surface area contributed by atoms with Gasteiger partial charge < -0.3 is 10.2 Å². The zero-order valence-electron chi connectivity index (χ0n) is 9.86. The fraction of sp³-hybridized carbons (Fsp3) is 0.0714. The molecule has 1 heterocycles. The van der Waals surface area contributed by atoms with E-state index in [9.17, 15) is 4.39 Å². The molecule has 0 aliphatic heterocycles. The molecule has 0 fully saturated rings. The monoisotopic (exact) mass is 276 g/mol. The summed E-state index contributed by atoms with van der Waals surface area (Å²) in [6.45, 7) is 0. The molecule has 3 rings (SSSR count). The van der Waals surface area contributed by atoms with Gasteiger partial charge in [0.2, 0.25) is 0 Å². The minimum Gasteiger partial charge on any atom is -0.439 e. The molecule has 2 N–H and O–H groups in total. The van der Waals surface area contributed by atoms with Gasteiger partial charge in [-0.1, -0.05) is 23.7 Å². The number of fused-ring (bicyclic) bond motifs is 1. The highest BCUT2D eigenvalue weighted by atomic mass is 35.5. The van der Waals surface area contributed by atoms with Gasteiger partial charge >= 0.3 is 0 Å². The third-order valence-corrected chi connectivity index (χ3v) is 3.07. The van der Waals surface area contributed by atoms with Gasteiger partial charge in [0.15, 0.2) is 11.5 Å². The fourth-order valence-corrected chi connectivity index (χ4v) is 2.13. The Bertz CT molecular complexity index is 737. The van der Waals surface area contributed by atoms with Crippen LogP contribution in [-0.4, -0.2) is 4.98 Å². The van der Waals surface area contributed by atoms with Gasteiger partial charge in [0.1, 0.15) is 11.3 Å². The van der Waals surface area contributed by atoms with Crippen LogP contribution in [0.4, 0.5) is 10.1 Å². The van der Waals surface area contributed by atoms with Gasteiger partial charge in [0.05, 0.1) is 5.02 Å². The maximum atomic E-state index is 13.2. The molecule has 0 radical (unpaired) electrons. The standard InChI is InChI=1S/C14H10ClFN2O/c15-11-6-9(16)7-12-14(11)19-13(18-12)5-8-1-3-10(17)4-2-8/h1-4,6-7H,5,17H2. The molecule has 0 saturated heterocycles. The van der Waals surface area contributed by atoms with Crippen molar-refractivity contribution in [3.63, 3.8) is 0 Å². The van der Waals surface area contributed by atoms with Gasteiger partial charge in [0.25, 0.3) is 0 Å². The van der Waals surface area contributed by atoms with Gasteiger partial charge in [-0.25, -0.2) is 9.37 Å². The number of oxazole rings is 1. The highest BCUT2D eigenvalue weighted by molar-refractivity contribution is 6.34. The number of benzene rings is 2. The Kier molecular flexibility index (Phi) is 2.87. The molecule has 0 atom stereocenters. The number of hydrogen-bond acceptors (Lipinski definition) is 3. The maximum Gasteiger partial charge on any atom is 0.199 e. The summed E-state index contributed by atoms with van der Waals surface area (Å²) in [6.07, 6.45) is 0.507. The number of halogens is 2. The first-order valence-corrected chi connectivity index (χ1v) is 6.08. The van der Waals surface area contributed by atoms with E-state index in [2.05, 4.69) is 4.98 Å². The van der Waals surface area contributed by atoms with Crippen LogP contribution in [0, 0.1) is 5.82 Å². The van der Waals surface area contributed by atoms with Crippen molar-refractivity contribution in [1.82, 2.24) is 4.98 Å². The van der Waals surface area contributed by atoms with Crippen LogP contribution >= 0.6 is 11.6 Å². The van der Waals surface area contributed by atoms with Gasteiger partial charge in [0, 0.05) is 18.2 Å². The first-order chi connectivity index (χ1) is 9.11. The average molecular weight is 277 g/mol. The quantitative estimate of drug-likeness (QED) is 0.725. The number of nitrogens with two attached hydrogens (primary N) is 1. The molecule has 19 heavy (non-hydrogen) atoms. The van der Waals surface area contributed by atoms with Crippen LogP contribution in [0.15, 0.2) is 40.8 Å². The Labute approximate surface area is 113 Å². The van der Waals surface area contributed by atoms with Crippen LogP contribution in [0.1, 0.15) is 11.5 Å². The molecule has 0 amide bonds. The lowest BCUT2D eigenvalue weighted by Gasteiger charge is -1.97. The molecule has 1 aromatic heterocycles. The van der Waals surface area contributed by atoms with Gasteiger partial charge in [-0.2, -0.15) is 0 Å². The highest BCUT2D eigenvalue weighted by Gasteiger charge is 2.11. The molecule has 0 unspecified atom stereocenters. The second-order valence-corrected chi connectivity index (χ2v) is 4.67. The third kappa shape index (κ3) is 2.39. The van der Waals surface area contributed by atoms with Crippen LogP contribution in [0.25, 0.3) is 11.1 Å². The number of hydrogen-bond donors (Lipinski definition) is 1. The second-order valence-electron chi connectivity index (χ2n) is 4.26. The summed E-state index contributed by atoms with van der Waals surface area (Å²) in [5.74, 6) is 0.0668. The Hall–Kier alpha value is -2.07. The summed E-state index contributed by atoms with van der Waals surface area (Å²) in [5, 5.41) is 0.228. The van der Waals surface area contributed by atoms with E-state index in [0.29, 0.717) is 29.1 Å². The van der Waals surface area contributed by atoms with Crippen molar-refractivity contribution < 1.29 is 8.81 Å². The first kappa shape index (κ1) is 12.0. The lowest BCUT2D eigenvalue weighted by molar-refractivity contribution is 0.543. The van der Waals surface area contributed by atoms with Crippen molar-refractivity contribution in [2.75, 3.05) is 5.73 Å². The van der Waals surface area contributed by atoms with Crippen LogP contribution in [0.3, 0.4) is 0 Å². The molecule has 0 aliphatic rings. The Morgan fingerprint density at radius 1 is 1.21 bits per heavy atom. The molecule has 2 aromatic carbocycles.